The first-order valence-corrected chi connectivity index (χ1v) is 8.14. The quantitative estimate of drug-likeness (QED) is 0.875. The minimum atomic E-state index is -0.679. The zero-order valence-corrected chi connectivity index (χ0v) is 14.3. The number of hydrogen-bond acceptors (Lipinski definition) is 3. The fourth-order valence-corrected chi connectivity index (χ4v) is 3.07. The number of carbonyl (C=O) groups excluding carboxylic acids is 2. The average Bonchev–Trinajstić information content (AvgIpc) is 2.77. The van der Waals surface area contributed by atoms with Crippen molar-refractivity contribution >= 4 is 11.8 Å². The average molecular weight is 318 g/mol. The second kappa shape index (κ2) is 6.71. The molecule has 2 atom stereocenters. The van der Waals surface area contributed by atoms with Crippen LogP contribution in [-0.4, -0.2) is 40.0 Å². The van der Waals surface area contributed by atoms with Crippen LogP contribution in [0, 0.1) is 0 Å². The number of carbonyl (C=O) groups is 2. The molecule has 23 heavy (non-hydrogen) atoms. The van der Waals surface area contributed by atoms with Gasteiger partial charge in [-0.3, -0.25) is 9.59 Å². The van der Waals surface area contributed by atoms with Crippen molar-refractivity contribution in [3.05, 3.63) is 35.4 Å². The van der Waals surface area contributed by atoms with Crippen molar-refractivity contribution in [2.75, 3.05) is 6.61 Å². The lowest BCUT2D eigenvalue weighted by molar-refractivity contribution is -0.128. The van der Waals surface area contributed by atoms with Crippen LogP contribution < -0.4 is 5.32 Å². The molecule has 2 rings (SSSR count). The second-order valence-corrected chi connectivity index (χ2v) is 7.07. The largest absolute Gasteiger partial charge is 0.394 e. The zero-order chi connectivity index (χ0) is 17.2. The maximum atomic E-state index is 12.8. The van der Waals surface area contributed by atoms with Crippen LogP contribution in [0.1, 0.15) is 62.5 Å². The van der Waals surface area contributed by atoms with E-state index in [1.54, 1.807) is 17.0 Å². The van der Waals surface area contributed by atoms with Crippen molar-refractivity contribution in [1.29, 1.82) is 0 Å². The summed E-state index contributed by atoms with van der Waals surface area (Å²) in [6, 6.07) is 6.17. The van der Waals surface area contributed by atoms with Crippen LogP contribution in [0.4, 0.5) is 0 Å². The fourth-order valence-electron chi connectivity index (χ4n) is 3.07. The first kappa shape index (κ1) is 17.5. The molecule has 2 unspecified atom stereocenters. The monoisotopic (exact) mass is 318 g/mol. The molecule has 0 saturated heterocycles. The number of nitrogens with zero attached hydrogens (tertiary/aromatic N) is 1. The Labute approximate surface area is 137 Å². The molecule has 0 radical (unpaired) electrons. The Morgan fingerprint density at radius 2 is 2.00 bits per heavy atom. The van der Waals surface area contributed by atoms with Crippen LogP contribution in [0.5, 0.6) is 0 Å². The van der Waals surface area contributed by atoms with Crippen molar-refractivity contribution in [2.45, 2.75) is 58.2 Å². The normalized spacial score (nSPS) is 18.7. The van der Waals surface area contributed by atoms with Crippen molar-refractivity contribution < 1.29 is 14.7 Å². The lowest BCUT2D eigenvalue weighted by Gasteiger charge is -2.33. The highest BCUT2D eigenvalue weighted by atomic mass is 16.3. The molecule has 0 bridgehead atoms. The van der Waals surface area contributed by atoms with E-state index >= 15 is 0 Å². The number of hydrogen-bond donors (Lipinski definition) is 2. The predicted molar refractivity (Wildman–Crippen MR) is 89.0 cm³/mol. The van der Waals surface area contributed by atoms with Gasteiger partial charge in [-0.15, -0.1) is 0 Å². The third-order valence-electron chi connectivity index (χ3n) is 3.97. The number of aliphatic hydroxyl groups is 1. The van der Waals surface area contributed by atoms with Crippen molar-refractivity contribution in [1.82, 2.24) is 10.2 Å². The zero-order valence-electron chi connectivity index (χ0n) is 14.3. The summed E-state index contributed by atoms with van der Waals surface area (Å²) in [5.74, 6) is -0.382. The minimum absolute atomic E-state index is 0.146. The van der Waals surface area contributed by atoms with Gasteiger partial charge < -0.3 is 15.3 Å². The van der Waals surface area contributed by atoms with Gasteiger partial charge in [0, 0.05) is 11.1 Å². The lowest BCUT2D eigenvalue weighted by atomic mass is 10.0. The van der Waals surface area contributed by atoms with Gasteiger partial charge in [0.25, 0.3) is 5.91 Å². The van der Waals surface area contributed by atoms with Gasteiger partial charge in [0.2, 0.25) is 5.91 Å². The number of benzene rings is 1. The van der Waals surface area contributed by atoms with Crippen molar-refractivity contribution in [2.24, 2.45) is 0 Å². The predicted octanol–water partition coefficient (Wildman–Crippen LogP) is 2.26. The number of amides is 2. The molecule has 0 fully saturated rings. The van der Waals surface area contributed by atoms with Crippen LogP contribution in [-0.2, 0) is 4.79 Å². The molecule has 2 N–H and O–H groups in total. The lowest BCUT2D eigenvalue weighted by Crippen LogP contribution is -2.50. The van der Waals surface area contributed by atoms with Gasteiger partial charge in [0.15, 0.2) is 0 Å². The highest BCUT2D eigenvalue weighted by molar-refractivity contribution is 6.05. The fraction of sp³-hybridized carbons (Fsp3) is 0.556. The number of nitrogens with one attached hydrogen (secondary N) is 1. The Kier molecular flexibility index (Phi) is 5.09. The summed E-state index contributed by atoms with van der Waals surface area (Å²) >= 11 is 0. The molecule has 0 spiro atoms. The maximum Gasteiger partial charge on any atom is 0.255 e. The van der Waals surface area contributed by atoms with Gasteiger partial charge in [-0.25, -0.2) is 0 Å². The molecule has 1 heterocycles. The Hall–Kier alpha value is -1.88. The van der Waals surface area contributed by atoms with E-state index < -0.39 is 6.04 Å². The van der Waals surface area contributed by atoms with Gasteiger partial charge in [-0.2, -0.15) is 0 Å². The first-order valence-electron chi connectivity index (χ1n) is 8.14. The van der Waals surface area contributed by atoms with Crippen molar-refractivity contribution in [3.63, 3.8) is 0 Å². The van der Waals surface area contributed by atoms with Crippen molar-refractivity contribution in [3.8, 4) is 0 Å². The minimum Gasteiger partial charge on any atom is -0.394 e. The van der Waals surface area contributed by atoms with Gasteiger partial charge in [-0.05, 0) is 38.8 Å². The summed E-state index contributed by atoms with van der Waals surface area (Å²) in [5, 5.41) is 12.7. The van der Waals surface area contributed by atoms with Gasteiger partial charge in [0.1, 0.15) is 6.04 Å². The molecule has 0 saturated carbocycles. The number of rotatable bonds is 5. The Balaban J connectivity index is 2.43. The van der Waals surface area contributed by atoms with Crippen LogP contribution in [0.3, 0.4) is 0 Å². The van der Waals surface area contributed by atoms with E-state index in [4.69, 9.17) is 0 Å². The summed E-state index contributed by atoms with van der Waals surface area (Å²) in [6.07, 6.45) is 1.49. The Morgan fingerprint density at radius 1 is 1.35 bits per heavy atom. The molecule has 0 aromatic heterocycles. The second-order valence-electron chi connectivity index (χ2n) is 7.07. The van der Waals surface area contributed by atoms with E-state index in [2.05, 4.69) is 5.32 Å². The molecular formula is C18H26N2O3. The topological polar surface area (TPSA) is 69.6 Å². The van der Waals surface area contributed by atoms with Gasteiger partial charge in [0.05, 0.1) is 12.6 Å². The highest BCUT2D eigenvalue weighted by Crippen LogP contribution is 2.36. The molecule has 5 nitrogen and oxygen atoms in total. The molecule has 1 aliphatic heterocycles. The smallest absolute Gasteiger partial charge is 0.255 e. The van der Waals surface area contributed by atoms with E-state index in [0.29, 0.717) is 17.5 Å². The van der Waals surface area contributed by atoms with Gasteiger partial charge >= 0.3 is 0 Å². The molecule has 1 aromatic rings. The standard InChI is InChI=1S/C18H26N2O3/c1-5-8-12(11-21)20-15(16(22)19-18(2,3)4)13-9-6-7-10-14(13)17(20)23/h6-7,9-10,12,15,21H,5,8,11H2,1-4H3,(H,19,22). The van der Waals surface area contributed by atoms with Crippen LogP contribution in [0.2, 0.25) is 0 Å². The van der Waals surface area contributed by atoms with E-state index in [1.165, 1.54) is 0 Å². The van der Waals surface area contributed by atoms with E-state index in [1.807, 2.05) is 39.8 Å². The molecule has 126 valence electrons. The molecule has 0 aliphatic carbocycles. The molecule has 1 aliphatic rings. The van der Waals surface area contributed by atoms with E-state index in [-0.39, 0.29) is 30.0 Å². The summed E-state index contributed by atoms with van der Waals surface area (Å²) in [6.45, 7) is 7.59. The van der Waals surface area contributed by atoms with Crippen LogP contribution in [0.15, 0.2) is 24.3 Å². The summed E-state index contributed by atoms with van der Waals surface area (Å²) in [7, 11) is 0. The third-order valence-corrected chi connectivity index (χ3v) is 3.97. The molecule has 5 heteroatoms. The Bertz CT molecular complexity index is 592. The molecule has 1 aromatic carbocycles. The number of fused-ring (bicyclic) bond motifs is 1. The molecular weight excluding hydrogens is 292 g/mol. The summed E-state index contributed by atoms with van der Waals surface area (Å²) in [4.78, 5) is 27.2. The first-order chi connectivity index (χ1) is 10.8. The number of aliphatic hydroxyl groups excluding tert-OH is 1. The van der Waals surface area contributed by atoms with Crippen LogP contribution in [0.25, 0.3) is 0 Å². The van der Waals surface area contributed by atoms with E-state index in [0.717, 1.165) is 6.42 Å². The van der Waals surface area contributed by atoms with Crippen LogP contribution >= 0.6 is 0 Å². The highest BCUT2D eigenvalue weighted by Gasteiger charge is 2.44. The van der Waals surface area contributed by atoms with E-state index in [9.17, 15) is 14.7 Å². The summed E-state index contributed by atoms with van der Waals surface area (Å²) < 4.78 is 0. The molecule has 2 amide bonds. The Morgan fingerprint density at radius 3 is 2.57 bits per heavy atom. The maximum absolute atomic E-state index is 12.8. The SMILES string of the molecule is CCCC(CO)N1C(=O)c2ccccc2C1C(=O)NC(C)(C)C. The summed E-state index contributed by atoms with van der Waals surface area (Å²) in [5.41, 5.74) is 0.882. The third kappa shape index (κ3) is 3.55. The van der Waals surface area contributed by atoms with Gasteiger partial charge in [-0.1, -0.05) is 31.5 Å².